The summed E-state index contributed by atoms with van der Waals surface area (Å²) in [5, 5.41) is 11.6. The Morgan fingerprint density at radius 2 is 2.10 bits per heavy atom. The molecular formula is C7H15NO2. The minimum Gasteiger partial charge on any atom is -0.351 e. The Morgan fingerprint density at radius 1 is 1.60 bits per heavy atom. The lowest BCUT2D eigenvalue weighted by Crippen LogP contribution is -2.31. The lowest BCUT2D eigenvalue weighted by atomic mass is 10.5. The fourth-order valence-corrected chi connectivity index (χ4v) is 0.503. The Hall–Kier alpha value is -0.540. The van der Waals surface area contributed by atoms with Crippen LogP contribution >= 0.6 is 0 Å². The van der Waals surface area contributed by atoms with Crippen LogP contribution in [0.1, 0.15) is 20.8 Å². The largest absolute Gasteiger partial charge is 0.351 e. The molecule has 0 bridgehead atoms. The maximum Gasteiger partial charge on any atom is 0.235 e. The number of ether oxygens (including phenoxy) is 1. The van der Waals surface area contributed by atoms with Crippen molar-refractivity contribution in [2.75, 3.05) is 0 Å². The van der Waals surface area contributed by atoms with Gasteiger partial charge in [0.15, 0.2) is 0 Å². The minimum atomic E-state index is -0.933. The fourth-order valence-electron chi connectivity index (χ4n) is 0.503. The molecule has 0 amide bonds. The monoisotopic (exact) mass is 145 g/mol. The molecule has 10 heavy (non-hydrogen) atoms. The molecule has 3 heteroatoms. The van der Waals surface area contributed by atoms with Gasteiger partial charge in [-0.05, 0) is 20.8 Å². The number of aliphatic hydroxyl groups excluding tert-OH is 1. The normalized spacial score (nSPS) is 13.3. The van der Waals surface area contributed by atoms with Crippen molar-refractivity contribution in [1.29, 1.82) is 0 Å². The molecule has 0 aromatic heterocycles. The van der Waals surface area contributed by atoms with Crippen LogP contribution in [-0.4, -0.2) is 17.6 Å². The molecular weight excluding hydrogens is 130 g/mol. The Balaban J connectivity index is 3.43. The molecule has 0 fully saturated rings. The van der Waals surface area contributed by atoms with E-state index in [4.69, 9.17) is 9.84 Å². The van der Waals surface area contributed by atoms with Crippen LogP contribution in [0, 0.1) is 0 Å². The number of rotatable bonds is 4. The molecule has 0 radical (unpaired) electrons. The van der Waals surface area contributed by atoms with E-state index in [2.05, 4.69) is 11.9 Å². The third-order valence-corrected chi connectivity index (χ3v) is 0.771. The number of nitrogens with one attached hydrogen (secondary N) is 1. The van der Waals surface area contributed by atoms with E-state index in [0.717, 1.165) is 0 Å². The summed E-state index contributed by atoms with van der Waals surface area (Å²) >= 11 is 0. The SMILES string of the molecule is C=C(C)NC(O)OC(C)C. The van der Waals surface area contributed by atoms with Gasteiger partial charge in [0.25, 0.3) is 0 Å². The molecule has 2 N–H and O–H groups in total. The van der Waals surface area contributed by atoms with Crippen LogP contribution in [0.3, 0.4) is 0 Å². The first kappa shape index (κ1) is 9.46. The molecule has 0 heterocycles. The molecule has 1 atom stereocenters. The minimum absolute atomic E-state index is 0.0156. The highest BCUT2D eigenvalue weighted by molar-refractivity contribution is 4.83. The van der Waals surface area contributed by atoms with Crippen molar-refractivity contribution in [1.82, 2.24) is 5.32 Å². The van der Waals surface area contributed by atoms with E-state index in [1.807, 2.05) is 13.8 Å². The van der Waals surface area contributed by atoms with Gasteiger partial charge in [-0.2, -0.15) is 0 Å². The first-order valence-electron chi connectivity index (χ1n) is 3.28. The molecule has 0 rings (SSSR count). The molecule has 0 saturated heterocycles. The van der Waals surface area contributed by atoms with Crippen molar-refractivity contribution in [3.05, 3.63) is 12.3 Å². The highest BCUT2D eigenvalue weighted by Gasteiger charge is 2.03. The molecule has 0 saturated carbocycles. The zero-order valence-electron chi connectivity index (χ0n) is 6.72. The van der Waals surface area contributed by atoms with Gasteiger partial charge < -0.3 is 15.2 Å². The predicted molar refractivity (Wildman–Crippen MR) is 40.2 cm³/mol. The van der Waals surface area contributed by atoms with Crippen molar-refractivity contribution in [2.45, 2.75) is 33.3 Å². The van der Waals surface area contributed by atoms with Gasteiger partial charge in [0.05, 0.1) is 6.10 Å². The molecule has 0 spiro atoms. The molecule has 0 aromatic rings. The topological polar surface area (TPSA) is 41.5 Å². The molecule has 0 aliphatic heterocycles. The van der Waals surface area contributed by atoms with Gasteiger partial charge in [0, 0.05) is 5.70 Å². The summed E-state index contributed by atoms with van der Waals surface area (Å²) in [5.74, 6) is 0. The van der Waals surface area contributed by atoms with Crippen LogP contribution in [-0.2, 0) is 4.74 Å². The second-order valence-electron chi connectivity index (χ2n) is 2.46. The van der Waals surface area contributed by atoms with E-state index in [1.165, 1.54) is 0 Å². The molecule has 1 unspecified atom stereocenters. The van der Waals surface area contributed by atoms with Crippen LogP contribution in [0.25, 0.3) is 0 Å². The van der Waals surface area contributed by atoms with Gasteiger partial charge in [0.2, 0.25) is 6.41 Å². The second-order valence-corrected chi connectivity index (χ2v) is 2.46. The predicted octanol–water partition coefficient (Wildman–Crippen LogP) is 0.810. The van der Waals surface area contributed by atoms with E-state index in [9.17, 15) is 0 Å². The average molecular weight is 145 g/mol. The number of hydrogen-bond acceptors (Lipinski definition) is 3. The summed E-state index contributed by atoms with van der Waals surface area (Å²) in [5.41, 5.74) is 0.688. The van der Waals surface area contributed by atoms with Crippen LogP contribution < -0.4 is 5.32 Å². The van der Waals surface area contributed by atoms with Crippen molar-refractivity contribution in [2.24, 2.45) is 0 Å². The molecule has 0 aromatic carbocycles. The van der Waals surface area contributed by atoms with Crippen molar-refractivity contribution >= 4 is 0 Å². The van der Waals surface area contributed by atoms with Crippen LogP contribution in [0.4, 0.5) is 0 Å². The molecule has 3 nitrogen and oxygen atoms in total. The third kappa shape index (κ3) is 5.59. The van der Waals surface area contributed by atoms with Gasteiger partial charge in [0.1, 0.15) is 0 Å². The number of allylic oxidation sites excluding steroid dienone is 1. The Kier molecular flexibility index (Phi) is 4.07. The summed E-state index contributed by atoms with van der Waals surface area (Å²) in [6.07, 6.45) is -0.917. The van der Waals surface area contributed by atoms with E-state index < -0.39 is 6.41 Å². The van der Waals surface area contributed by atoms with Gasteiger partial charge in [-0.15, -0.1) is 0 Å². The summed E-state index contributed by atoms with van der Waals surface area (Å²) < 4.78 is 4.94. The Morgan fingerprint density at radius 3 is 2.40 bits per heavy atom. The van der Waals surface area contributed by atoms with E-state index in [-0.39, 0.29) is 6.10 Å². The molecule has 0 aliphatic rings. The van der Waals surface area contributed by atoms with Gasteiger partial charge >= 0.3 is 0 Å². The summed E-state index contributed by atoms with van der Waals surface area (Å²) in [6.45, 7) is 9.01. The number of aliphatic hydroxyl groups is 1. The van der Waals surface area contributed by atoms with Crippen molar-refractivity contribution in [3.63, 3.8) is 0 Å². The van der Waals surface area contributed by atoms with E-state index in [0.29, 0.717) is 5.70 Å². The highest BCUT2D eigenvalue weighted by atomic mass is 16.6. The summed E-state index contributed by atoms with van der Waals surface area (Å²) in [4.78, 5) is 0. The quantitative estimate of drug-likeness (QED) is 0.575. The second kappa shape index (κ2) is 4.30. The average Bonchev–Trinajstić information content (AvgIpc) is 1.58. The van der Waals surface area contributed by atoms with E-state index in [1.54, 1.807) is 6.92 Å². The summed E-state index contributed by atoms with van der Waals surface area (Å²) in [6, 6.07) is 0. The van der Waals surface area contributed by atoms with Crippen molar-refractivity contribution < 1.29 is 9.84 Å². The summed E-state index contributed by atoms with van der Waals surface area (Å²) in [7, 11) is 0. The fraction of sp³-hybridized carbons (Fsp3) is 0.714. The Labute approximate surface area is 61.7 Å². The zero-order valence-corrected chi connectivity index (χ0v) is 6.72. The molecule has 60 valence electrons. The van der Waals surface area contributed by atoms with Gasteiger partial charge in [-0.3, -0.25) is 0 Å². The maximum atomic E-state index is 9.00. The van der Waals surface area contributed by atoms with Crippen LogP contribution in [0.2, 0.25) is 0 Å². The lowest BCUT2D eigenvalue weighted by molar-refractivity contribution is -0.138. The highest BCUT2D eigenvalue weighted by Crippen LogP contribution is 1.92. The Bertz CT molecular complexity index is 112. The lowest BCUT2D eigenvalue weighted by Gasteiger charge is -2.16. The number of hydrogen-bond donors (Lipinski definition) is 2. The van der Waals surface area contributed by atoms with Crippen molar-refractivity contribution in [3.8, 4) is 0 Å². The standard InChI is InChI=1S/C7H15NO2/c1-5(2)8-7(9)10-6(3)4/h6-9H,1H2,2-4H3. The van der Waals surface area contributed by atoms with E-state index >= 15 is 0 Å². The van der Waals surface area contributed by atoms with Crippen LogP contribution in [0.15, 0.2) is 12.3 Å². The smallest absolute Gasteiger partial charge is 0.235 e. The first-order chi connectivity index (χ1) is 4.52. The zero-order chi connectivity index (χ0) is 8.15. The van der Waals surface area contributed by atoms with Gasteiger partial charge in [-0.25, -0.2) is 0 Å². The molecule has 0 aliphatic carbocycles. The maximum absolute atomic E-state index is 9.00. The third-order valence-electron chi connectivity index (χ3n) is 0.771. The van der Waals surface area contributed by atoms with Gasteiger partial charge in [-0.1, -0.05) is 6.58 Å². The first-order valence-corrected chi connectivity index (χ1v) is 3.28. The van der Waals surface area contributed by atoms with Crippen LogP contribution in [0.5, 0.6) is 0 Å².